The average Bonchev–Trinajstić information content (AvgIpc) is 2.51. The fraction of sp³-hybridized carbons (Fsp3) is 0.133. The summed E-state index contributed by atoms with van der Waals surface area (Å²) in [6.07, 6.45) is 1.20. The van der Waals surface area contributed by atoms with Crippen LogP contribution in [0.3, 0.4) is 0 Å². The third-order valence-corrected chi connectivity index (χ3v) is 2.91. The summed E-state index contributed by atoms with van der Waals surface area (Å²) in [5.41, 5.74) is 0.158. The van der Waals surface area contributed by atoms with Crippen LogP contribution in [-0.2, 0) is 9.53 Å². The van der Waals surface area contributed by atoms with E-state index in [1.54, 1.807) is 30.3 Å². The Morgan fingerprint density at radius 3 is 2.71 bits per heavy atom. The number of rotatable bonds is 3. The molecule has 0 unspecified atom stereocenters. The molecule has 6 heteroatoms. The van der Waals surface area contributed by atoms with E-state index in [0.717, 1.165) is 5.39 Å². The van der Waals surface area contributed by atoms with Crippen molar-refractivity contribution >= 4 is 22.9 Å². The highest BCUT2D eigenvalue weighted by Gasteiger charge is 2.10. The number of ether oxygens (including phenoxy) is 2. The number of pyridine rings is 1. The summed E-state index contributed by atoms with van der Waals surface area (Å²) in [5.74, 6) is -0.166. The molecule has 0 saturated carbocycles. The Morgan fingerprint density at radius 1 is 1.33 bits per heavy atom. The number of aromatic nitrogens is 1. The summed E-state index contributed by atoms with van der Waals surface area (Å²) in [6.45, 7) is 0. The van der Waals surface area contributed by atoms with E-state index < -0.39 is 11.5 Å². The number of nitrogens with zero attached hydrogens (tertiary/aromatic N) is 1. The number of hydrogen-bond acceptors (Lipinski definition) is 5. The fourth-order valence-corrected chi connectivity index (χ4v) is 1.83. The summed E-state index contributed by atoms with van der Waals surface area (Å²) in [6, 6.07) is 8.51. The van der Waals surface area contributed by atoms with Crippen molar-refractivity contribution in [2.75, 3.05) is 14.2 Å². The van der Waals surface area contributed by atoms with Gasteiger partial charge in [-0.05, 0) is 29.7 Å². The third kappa shape index (κ3) is 2.92. The topological polar surface area (TPSA) is 92.2 Å². The van der Waals surface area contributed by atoms with E-state index in [0.29, 0.717) is 11.3 Å². The number of carbonyl (C=O) groups excluding carboxylic acids is 1. The number of nitriles is 1. The molecule has 1 aromatic carbocycles. The lowest BCUT2D eigenvalue weighted by atomic mass is 10.1. The van der Waals surface area contributed by atoms with Crippen molar-refractivity contribution in [3.63, 3.8) is 0 Å². The maximum Gasteiger partial charge on any atom is 0.348 e. The minimum Gasteiger partial charge on any atom is -0.497 e. The Kier molecular flexibility index (Phi) is 4.05. The molecule has 1 heterocycles. The normalized spacial score (nSPS) is 11.0. The number of benzene rings is 1. The highest BCUT2D eigenvalue weighted by atomic mass is 16.5. The van der Waals surface area contributed by atoms with Crippen molar-refractivity contribution in [1.29, 1.82) is 5.26 Å². The van der Waals surface area contributed by atoms with E-state index in [1.165, 1.54) is 20.3 Å². The van der Waals surface area contributed by atoms with Gasteiger partial charge in [-0.25, -0.2) is 4.79 Å². The van der Waals surface area contributed by atoms with E-state index in [2.05, 4.69) is 9.72 Å². The number of aromatic amines is 1. The van der Waals surface area contributed by atoms with Crippen LogP contribution in [0.1, 0.15) is 5.56 Å². The molecule has 0 amide bonds. The molecule has 2 rings (SSSR count). The van der Waals surface area contributed by atoms with Gasteiger partial charge in [-0.15, -0.1) is 0 Å². The van der Waals surface area contributed by atoms with Crippen LogP contribution in [0, 0.1) is 11.3 Å². The number of fused-ring (bicyclic) bond motifs is 1. The highest BCUT2D eigenvalue weighted by Crippen LogP contribution is 2.19. The zero-order valence-corrected chi connectivity index (χ0v) is 11.5. The van der Waals surface area contributed by atoms with Gasteiger partial charge < -0.3 is 14.5 Å². The van der Waals surface area contributed by atoms with Crippen molar-refractivity contribution < 1.29 is 14.3 Å². The van der Waals surface area contributed by atoms with Crippen molar-refractivity contribution in [3.05, 3.63) is 45.8 Å². The zero-order valence-electron chi connectivity index (χ0n) is 11.5. The minimum absolute atomic E-state index is 0.203. The van der Waals surface area contributed by atoms with Gasteiger partial charge in [0.2, 0.25) is 0 Å². The molecule has 0 fully saturated rings. The molecular weight excluding hydrogens is 272 g/mol. The molecule has 2 aromatic rings. The molecule has 0 bridgehead atoms. The summed E-state index contributed by atoms with van der Waals surface area (Å²) in [7, 11) is 2.70. The van der Waals surface area contributed by atoms with Crippen LogP contribution < -0.4 is 10.3 Å². The Labute approximate surface area is 120 Å². The summed E-state index contributed by atoms with van der Waals surface area (Å²) in [5, 5.41) is 9.67. The lowest BCUT2D eigenvalue weighted by Gasteiger charge is -2.03. The molecule has 0 radical (unpaired) electrons. The van der Waals surface area contributed by atoms with Crippen LogP contribution in [-0.4, -0.2) is 25.2 Å². The first-order valence-electron chi connectivity index (χ1n) is 6.00. The van der Waals surface area contributed by atoms with Crippen LogP contribution in [0.15, 0.2) is 34.6 Å². The molecule has 0 aliphatic heterocycles. The first-order chi connectivity index (χ1) is 10.1. The molecule has 0 saturated heterocycles. The summed E-state index contributed by atoms with van der Waals surface area (Å²) in [4.78, 5) is 26.0. The molecule has 6 nitrogen and oxygen atoms in total. The minimum atomic E-state index is -0.785. The molecule has 0 spiro atoms. The van der Waals surface area contributed by atoms with Crippen molar-refractivity contribution in [2.24, 2.45) is 0 Å². The molecule has 0 aliphatic carbocycles. The molecule has 1 aromatic heterocycles. The predicted molar refractivity (Wildman–Crippen MR) is 76.7 cm³/mol. The summed E-state index contributed by atoms with van der Waals surface area (Å²) < 4.78 is 9.56. The van der Waals surface area contributed by atoms with Gasteiger partial charge >= 0.3 is 5.97 Å². The molecular formula is C15H12N2O4. The molecule has 21 heavy (non-hydrogen) atoms. The quantitative estimate of drug-likeness (QED) is 0.525. The Morgan fingerprint density at radius 2 is 2.10 bits per heavy atom. The van der Waals surface area contributed by atoms with E-state index in [1.807, 2.05) is 0 Å². The number of methoxy groups -OCH3 is 2. The first kappa shape index (κ1) is 14.3. The van der Waals surface area contributed by atoms with Gasteiger partial charge in [0.25, 0.3) is 5.56 Å². The van der Waals surface area contributed by atoms with Crippen LogP contribution in [0.2, 0.25) is 0 Å². The Balaban J connectivity index is 2.59. The standard InChI is InChI=1S/C15H12N2O4/c1-20-12-4-3-9-5-10(14(18)17-13(9)7-12)6-11(8-16)15(19)21-2/h3-7H,1-2H3,(H,17,18)/b11-6-. The number of carbonyl (C=O) groups is 1. The van der Waals surface area contributed by atoms with Crippen molar-refractivity contribution in [1.82, 2.24) is 4.98 Å². The first-order valence-corrected chi connectivity index (χ1v) is 6.00. The van der Waals surface area contributed by atoms with Crippen LogP contribution >= 0.6 is 0 Å². The lowest BCUT2D eigenvalue weighted by molar-refractivity contribution is -0.135. The number of H-pyrrole nitrogens is 1. The van der Waals surface area contributed by atoms with Gasteiger partial charge in [0.05, 0.1) is 19.7 Å². The molecule has 0 atom stereocenters. The largest absolute Gasteiger partial charge is 0.497 e. The maximum absolute atomic E-state index is 12.0. The third-order valence-electron chi connectivity index (χ3n) is 2.91. The average molecular weight is 284 g/mol. The van der Waals surface area contributed by atoms with Crippen LogP contribution in [0.5, 0.6) is 5.75 Å². The van der Waals surface area contributed by atoms with Crippen LogP contribution in [0.25, 0.3) is 17.0 Å². The van der Waals surface area contributed by atoms with Gasteiger partial charge in [0, 0.05) is 11.6 Å². The molecule has 106 valence electrons. The second-order valence-electron chi connectivity index (χ2n) is 4.17. The number of hydrogen-bond donors (Lipinski definition) is 1. The second kappa shape index (κ2) is 5.92. The van der Waals surface area contributed by atoms with Gasteiger partial charge in [0.15, 0.2) is 0 Å². The van der Waals surface area contributed by atoms with Crippen molar-refractivity contribution in [3.8, 4) is 11.8 Å². The van der Waals surface area contributed by atoms with Gasteiger partial charge in [-0.3, -0.25) is 4.79 Å². The van der Waals surface area contributed by atoms with E-state index in [-0.39, 0.29) is 11.1 Å². The Bertz CT molecular complexity index is 828. The second-order valence-corrected chi connectivity index (χ2v) is 4.17. The van der Waals surface area contributed by atoms with E-state index in [9.17, 15) is 9.59 Å². The SMILES string of the molecule is COC(=O)/C(C#N)=C\c1cc2ccc(OC)cc2[nH]c1=O. The molecule has 1 N–H and O–H groups in total. The van der Waals surface area contributed by atoms with Gasteiger partial charge in [-0.1, -0.05) is 0 Å². The van der Waals surface area contributed by atoms with E-state index >= 15 is 0 Å². The zero-order chi connectivity index (χ0) is 15.4. The van der Waals surface area contributed by atoms with Crippen LogP contribution in [0.4, 0.5) is 0 Å². The predicted octanol–water partition coefficient (Wildman–Crippen LogP) is 1.62. The Hall–Kier alpha value is -3.07. The maximum atomic E-state index is 12.0. The van der Waals surface area contributed by atoms with Crippen molar-refractivity contribution in [2.45, 2.75) is 0 Å². The number of nitrogens with one attached hydrogen (secondary N) is 1. The van der Waals surface area contributed by atoms with Gasteiger partial charge in [-0.2, -0.15) is 5.26 Å². The lowest BCUT2D eigenvalue weighted by Crippen LogP contribution is -2.11. The monoisotopic (exact) mass is 284 g/mol. The number of esters is 1. The molecule has 0 aliphatic rings. The highest BCUT2D eigenvalue weighted by molar-refractivity contribution is 5.98. The van der Waals surface area contributed by atoms with Gasteiger partial charge in [0.1, 0.15) is 17.4 Å². The van der Waals surface area contributed by atoms with E-state index in [4.69, 9.17) is 10.00 Å². The summed E-state index contributed by atoms with van der Waals surface area (Å²) >= 11 is 0. The fourth-order valence-electron chi connectivity index (χ4n) is 1.83. The smallest absolute Gasteiger partial charge is 0.348 e.